The van der Waals surface area contributed by atoms with E-state index < -0.39 is 15.9 Å². The number of rotatable bonds is 14. The fourth-order valence-electron chi connectivity index (χ4n) is 3.47. The number of carbonyl (C=O) groups excluding carboxylic acids is 1. The van der Waals surface area contributed by atoms with Gasteiger partial charge in [-0.3, -0.25) is 4.79 Å². The van der Waals surface area contributed by atoms with E-state index in [0.717, 1.165) is 48.3 Å². The van der Waals surface area contributed by atoms with Gasteiger partial charge >= 0.3 is 0 Å². The minimum atomic E-state index is -3.55. The molecule has 2 N–H and O–H groups in total. The number of amides is 1. The largest absolute Gasteiger partial charge is 0.385 e. The molecular weight excluding hydrogens is 468 g/mol. The van der Waals surface area contributed by atoms with E-state index >= 15 is 0 Å². The SMILES string of the molecule is CS(=O)(=O)NC(=O)c1ccc(NCCCCCCCCCCCC#Cc2ccc(Cl)cc2)cc1. The first-order chi connectivity index (χ1) is 16.3. The molecule has 0 aliphatic rings. The first-order valence-electron chi connectivity index (χ1n) is 11.9. The molecule has 0 unspecified atom stereocenters. The number of unbranched alkanes of at least 4 members (excludes halogenated alkanes) is 9. The molecule has 0 heterocycles. The van der Waals surface area contributed by atoms with Crippen LogP contribution in [0.5, 0.6) is 0 Å². The highest BCUT2D eigenvalue weighted by Crippen LogP contribution is 2.13. The van der Waals surface area contributed by atoms with Crippen molar-refractivity contribution in [2.45, 2.75) is 64.2 Å². The van der Waals surface area contributed by atoms with Crippen molar-refractivity contribution in [1.82, 2.24) is 4.72 Å². The molecular formula is C27H35ClN2O3S. The molecule has 0 saturated carbocycles. The predicted molar refractivity (Wildman–Crippen MR) is 142 cm³/mol. The van der Waals surface area contributed by atoms with Gasteiger partial charge in [0.1, 0.15) is 0 Å². The Bertz CT molecular complexity index is 1040. The van der Waals surface area contributed by atoms with Crippen molar-refractivity contribution in [3.8, 4) is 11.8 Å². The van der Waals surface area contributed by atoms with Crippen LogP contribution >= 0.6 is 11.6 Å². The van der Waals surface area contributed by atoms with E-state index in [1.165, 1.54) is 44.9 Å². The molecule has 0 bridgehead atoms. The summed E-state index contributed by atoms with van der Waals surface area (Å²) in [5.41, 5.74) is 2.27. The van der Waals surface area contributed by atoms with Gasteiger partial charge in [0.15, 0.2) is 0 Å². The molecule has 0 aromatic heterocycles. The highest BCUT2D eigenvalue weighted by Gasteiger charge is 2.10. The van der Waals surface area contributed by atoms with E-state index in [1.54, 1.807) is 24.3 Å². The monoisotopic (exact) mass is 502 g/mol. The Balaban J connectivity index is 1.42. The lowest BCUT2D eigenvalue weighted by atomic mass is 10.1. The molecule has 0 spiro atoms. The molecule has 1 amide bonds. The average Bonchev–Trinajstić information content (AvgIpc) is 2.79. The summed E-state index contributed by atoms with van der Waals surface area (Å²) in [5, 5.41) is 4.08. The molecule has 34 heavy (non-hydrogen) atoms. The molecule has 0 fully saturated rings. The highest BCUT2D eigenvalue weighted by atomic mass is 35.5. The Morgan fingerprint density at radius 1 is 0.824 bits per heavy atom. The van der Waals surface area contributed by atoms with Crippen molar-refractivity contribution < 1.29 is 13.2 Å². The third-order valence-corrected chi connectivity index (χ3v) is 6.12. The van der Waals surface area contributed by atoms with Gasteiger partial charge in [0.25, 0.3) is 5.91 Å². The lowest BCUT2D eigenvalue weighted by molar-refractivity contribution is 0.0981. The molecule has 184 valence electrons. The lowest BCUT2D eigenvalue weighted by Gasteiger charge is -2.08. The van der Waals surface area contributed by atoms with Crippen molar-refractivity contribution in [2.24, 2.45) is 0 Å². The molecule has 2 aromatic carbocycles. The average molecular weight is 503 g/mol. The number of sulfonamides is 1. The molecule has 0 radical (unpaired) electrons. The summed E-state index contributed by atoms with van der Waals surface area (Å²) in [6, 6.07) is 14.5. The van der Waals surface area contributed by atoms with Crippen LogP contribution in [-0.4, -0.2) is 27.1 Å². The normalized spacial score (nSPS) is 10.9. The summed E-state index contributed by atoms with van der Waals surface area (Å²) in [4.78, 5) is 11.8. The maximum Gasteiger partial charge on any atom is 0.264 e. The van der Waals surface area contributed by atoms with Crippen LogP contribution in [0.1, 0.15) is 80.1 Å². The number of nitrogens with one attached hydrogen (secondary N) is 2. The molecule has 7 heteroatoms. The Morgan fingerprint density at radius 2 is 1.38 bits per heavy atom. The highest BCUT2D eigenvalue weighted by molar-refractivity contribution is 7.89. The Labute approximate surface area is 209 Å². The molecule has 0 saturated heterocycles. The van der Waals surface area contributed by atoms with Crippen LogP contribution in [0.15, 0.2) is 48.5 Å². The van der Waals surface area contributed by atoms with Crippen molar-refractivity contribution in [2.75, 3.05) is 18.1 Å². The minimum Gasteiger partial charge on any atom is -0.385 e. The van der Waals surface area contributed by atoms with Gasteiger partial charge in [-0.15, -0.1) is 0 Å². The smallest absolute Gasteiger partial charge is 0.264 e. The molecule has 0 aliphatic heterocycles. The maximum absolute atomic E-state index is 11.8. The molecule has 5 nitrogen and oxygen atoms in total. The fraction of sp³-hybridized carbons (Fsp3) is 0.444. The van der Waals surface area contributed by atoms with Crippen LogP contribution in [0, 0.1) is 11.8 Å². The van der Waals surface area contributed by atoms with Gasteiger partial charge in [-0.05, 0) is 61.4 Å². The standard InChI is InChI=1S/C27H35ClN2O3S/c1-34(32,33)30-27(31)24-16-20-26(21-17-24)29-22-12-10-8-6-4-2-3-5-7-9-11-13-23-14-18-25(28)19-15-23/h14-21,29H,2-10,12,22H2,1H3,(H,30,31). The van der Waals surface area contributed by atoms with Crippen LogP contribution in [0.2, 0.25) is 5.02 Å². The Kier molecular flexibility index (Phi) is 12.6. The van der Waals surface area contributed by atoms with E-state index in [4.69, 9.17) is 11.6 Å². The van der Waals surface area contributed by atoms with E-state index in [9.17, 15) is 13.2 Å². The molecule has 2 aromatic rings. The zero-order chi connectivity index (χ0) is 24.7. The quantitative estimate of drug-likeness (QED) is 0.232. The van der Waals surface area contributed by atoms with Gasteiger partial charge in [0.05, 0.1) is 6.26 Å². The summed E-state index contributed by atoms with van der Waals surface area (Å²) in [5.74, 6) is 5.81. The first-order valence-corrected chi connectivity index (χ1v) is 14.2. The number of hydrogen-bond donors (Lipinski definition) is 2. The second-order valence-electron chi connectivity index (χ2n) is 8.45. The van der Waals surface area contributed by atoms with Crippen LogP contribution in [-0.2, 0) is 10.0 Å². The Hall–Kier alpha value is -2.49. The van der Waals surface area contributed by atoms with E-state index in [-0.39, 0.29) is 0 Å². The number of benzene rings is 2. The molecule has 2 rings (SSSR count). The summed E-state index contributed by atoms with van der Waals surface area (Å²) in [6.07, 6.45) is 13.0. The van der Waals surface area contributed by atoms with Crippen molar-refractivity contribution >= 4 is 33.2 Å². The maximum atomic E-state index is 11.8. The summed E-state index contributed by atoms with van der Waals surface area (Å²) >= 11 is 5.87. The summed E-state index contributed by atoms with van der Waals surface area (Å²) in [7, 11) is -3.55. The number of halogens is 1. The summed E-state index contributed by atoms with van der Waals surface area (Å²) < 4.78 is 24.2. The van der Waals surface area contributed by atoms with Gasteiger partial charge in [-0.2, -0.15) is 0 Å². The van der Waals surface area contributed by atoms with E-state index in [0.29, 0.717) is 5.56 Å². The van der Waals surface area contributed by atoms with Crippen molar-refractivity contribution in [1.29, 1.82) is 0 Å². The lowest BCUT2D eigenvalue weighted by Crippen LogP contribution is -2.29. The zero-order valence-corrected chi connectivity index (χ0v) is 21.5. The second kappa shape index (κ2) is 15.4. The fourth-order valence-corrected chi connectivity index (χ4v) is 4.05. The van der Waals surface area contributed by atoms with Crippen molar-refractivity contribution in [3.63, 3.8) is 0 Å². The summed E-state index contributed by atoms with van der Waals surface area (Å²) in [6.45, 7) is 0.881. The van der Waals surface area contributed by atoms with Gasteiger partial charge in [0.2, 0.25) is 10.0 Å². The third-order valence-electron chi connectivity index (χ3n) is 5.31. The third kappa shape index (κ3) is 12.7. The van der Waals surface area contributed by atoms with Crippen LogP contribution in [0.4, 0.5) is 5.69 Å². The zero-order valence-electron chi connectivity index (χ0n) is 19.9. The number of hydrogen-bond acceptors (Lipinski definition) is 4. The van der Waals surface area contributed by atoms with Crippen LogP contribution < -0.4 is 10.0 Å². The number of carbonyl (C=O) groups is 1. The number of anilines is 1. The molecule has 0 atom stereocenters. The van der Waals surface area contributed by atoms with E-state index in [1.807, 2.05) is 29.0 Å². The van der Waals surface area contributed by atoms with Crippen LogP contribution in [0.25, 0.3) is 0 Å². The minimum absolute atomic E-state index is 0.321. The van der Waals surface area contributed by atoms with E-state index in [2.05, 4.69) is 17.2 Å². The van der Waals surface area contributed by atoms with Gasteiger partial charge in [-0.25, -0.2) is 13.1 Å². The second-order valence-corrected chi connectivity index (χ2v) is 10.6. The predicted octanol–water partition coefficient (Wildman–Crippen LogP) is 6.39. The van der Waals surface area contributed by atoms with Crippen molar-refractivity contribution in [3.05, 3.63) is 64.7 Å². The Morgan fingerprint density at radius 3 is 1.97 bits per heavy atom. The van der Waals surface area contributed by atoms with Gasteiger partial charge < -0.3 is 5.32 Å². The van der Waals surface area contributed by atoms with Gasteiger partial charge in [0, 0.05) is 34.8 Å². The van der Waals surface area contributed by atoms with Gasteiger partial charge in [-0.1, -0.05) is 68.4 Å². The van der Waals surface area contributed by atoms with Crippen LogP contribution in [0.3, 0.4) is 0 Å². The molecule has 0 aliphatic carbocycles. The first kappa shape index (κ1) is 27.8. The topological polar surface area (TPSA) is 75.3 Å².